The minimum atomic E-state index is 0.100. The van der Waals surface area contributed by atoms with Crippen LogP contribution >= 0.6 is 23.2 Å². The van der Waals surface area contributed by atoms with E-state index >= 15 is 0 Å². The molecule has 0 aliphatic heterocycles. The van der Waals surface area contributed by atoms with E-state index in [1.165, 1.54) is 0 Å². The third-order valence-corrected chi connectivity index (χ3v) is 2.56. The van der Waals surface area contributed by atoms with Crippen LogP contribution in [-0.4, -0.2) is 24.5 Å². The predicted molar refractivity (Wildman–Crippen MR) is 65.3 cm³/mol. The minimum absolute atomic E-state index is 0.100. The Labute approximate surface area is 109 Å². The Balaban J connectivity index is 2.19. The second-order valence-electron chi connectivity index (χ2n) is 3.87. The summed E-state index contributed by atoms with van der Waals surface area (Å²) in [6.07, 6.45) is 4.22. The van der Waals surface area contributed by atoms with Gasteiger partial charge in [0.25, 0.3) is 0 Å². The zero-order valence-corrected chi connectivity index (χ0v) is 10.9. The standard InChI is InChI=1S/C10H11Cl2N5/c1-6(2)17-4-7(13-5-17)3-8-14-9(11)16-10(12)15-8/h4-6H,3H2,1-2H3. The lowest BCUT2D eigenvalue weighted by Gasteiger charge is -2.03. The van der Waals surface area contributed by atoms with Gasteiger partial charge in [0.15, 0.2) is 0 Å². The Bertz CT molecular complexity index is 503. The molecule has 0 aliphatic carbocycles. The Kier molecular flexibility index (Phi) is 3.59. The third-order valence-electron chi connectivity index (χ3n) is 2.22. The molecular weight excluding hydrogens is 261 g/mol. The van der Waals surface area contributed by atoms with Crippen LogP contribution < -0.4 is 0 Å². The van der Waals surface area contributed by atoms with Crippen LogP contribution in [0.4, 0.5) is 0 Å². The van der Waals surface area contributed by atoms with Crippen LogP contribution in [0.15, 0.2) is 12.5 Å². The lowest BCUT2D eigenvalue weighted by molar-refractivity contribution is 0.599. The van der Waals surface area contributed by atoms with Crippen molar-refractivity contribution in [2.75, 3.05) is 0 Å². The molecule has 90 valence electrons. The summed E-state index contributed by atoms with van der Waals surface area (Å²) in [7, 11) is 0. The van der Waals surface area contributed by atoms with E-state index in [1.807, 2.05) is 10.8 Å². The lowest BCUT2D eigenvalue weighted by atomic mass is 10.3. The Morgan fingerprint density at radius 1 is 1.18 bits per heavy atom. The van der Waals surface area contributed by atoms with Crippen LogP contribution in [0.3, 0.4) is 0 Å². The first-order chi connectivity index (χ1) is 8.04. The van der Waals surface area contributed by atoms with Crippen molar-refractivity contribution in [1.29, 1.82) is 0 Å². The summed E-state index contributed by atoms with van der Waals surface area (Å²) in [6, 6.07) is 0.377. The molecule has 0 amide bonds. The van der Waals surface area contributed by atoms with Gasteiger partial charge in [-0.3, -0.25) is 0 Å². The van der Waals surface area contributed by atoms with Crippen LogP contribution in [0.1, 0.15) is 31.4 Å². The molecule has 2 rings (SSSR count). The number of aromatic nitrogens is 5. The molecule has 5 nitrogen and oxygen atoms in total. The molecule has 0 atom stereocenters. The van der Waals surface area contributed by atoms with Crippen LogP contribution in [0, 0.1) is 0 Å². The summed E-state index contributed by atoms with van der Waals surface area (Å²) in [5, 5.41) is 0.201. The molecule has 2 aromatic rings. The zero-order valence-electron chi connectivity index (χ0n) is 9.43. The second kappa shape index (κ2) is 4.98. The molecule has 0 N–H and O–H groups in total. The summed E-state index contributed by atoms with van der Waals surface area (Å²) >= 11 is 11.4. The van der Waals surface area contributed by atoms with Crippen LogP contribution in [0.2, 0.25) is 10.6 Å². The first-order valence-electron chi connectivity index (χ1n) is 5.13. The Hall–Kier alpha value is -1.20. The summed E-state index contributed by atoms with van der Waals surface area (Å²) in [5.41, 5.74) is 0.872. The number of hydrogen-bond acceptors (Lipinski definition) is 4. The summed E-state index contributed by atoms with van der Waals surface area (Å²) in [5.74, 6) is 0.518. The van der Waals surface area contributed by atoms with Crippen molar-refractivity contribution in [3.63, 3.8) is 0 Å². The lowest BCUT2D eigenvalue weighted by Crippen LogP contribution is -2.00. The van der Waals surface area contributed by atoms with Gasteiger partial charge in [-0.15, -0.1) is 0 Å². The van der Waals surface area contributed by atoms with Gasteiger partial charge in [-0.25, -0.2) is 15.0 Å². The number of imidazole rings is 1. The van der Waals surface area contributed by atoms with E-state index in [0.29, 0.717) is 18.3 Å². The fourth-order valence-corrected chi connectivity index (χ4v) is 1.76. The van der Waals surface area contributed by atoms with Gasteiger partial charge in [-0.1, -0.05) is 0 Å². The average Bonchev–Trinajstić information content (AvgIpc) is 2.64. The molecule has 0 bridgehead atoms. The van der Waals surface area contributed by atoms with Crippen LogP contribution in [0.25, 0.3) is 0 Å². The quantitative estimate of drug-likeness (QED) is 0.861. The van der Waals surface area contributed by atoms with Gasteiger partial charge in [0.05, 0.1) is 18.4 Å². The molecular formula is C10H11Cl2N5. The van der Waals surface area contributed by atoms with E-state index in [2.05, 4.69) is 33.8 Å². The molecule has 7 heteroatoms. The second-order valence-corrected chi connectivity index (χ2v) is 4.55. The fraction of sp³-hybridized carbons (Fsp3) is 0.400. The highest BCUT2D eigenvalue weighted by Gasteiger charge is 2.07. The molecule has 2 heterocycles. The molecule has 2 aromatic heterocycles. The van der Waals surface area contributed by atoms with Crippen molar-refractivity contribution in [2.24, 2.45) is 0 Å². The fourth-order valence-electron chi connectivity index (χ4n) is 1.36. The first-order valence-corrected chi connectivity index (χ1v) is 5.88. The molecule has 0 fully saturated rings. The van der Waals surface area contributed by atoms with Gasteiger partial charge in [0.1, 0.15) is 5.82 Å². The summed E-state index contributed by atoms with van der Waals surface area (Å²) in [4.78, 5) is 15.9. The minimum Gasteiger partial charge on any atom is -0.335 e. The van der Waals surface area contributed by atoms with Crippen molar-refractivity contribution in [2.45, 2.75) is 26.3 Å². The van der Waals surface area contributed by atoms with Crippen LogP contribution in [-0.2, 0) is 6.42 Å². The summed E-state index contributed by atoms with van der Waals surface area (Å²) < 4.78 is 2.01. The van der Waals surface area contributed by atoms with E-state index in [0.717, 1.165) is 5.69 Å². The smallest absolute Gasteiger partial charge is 0.226 e. The molecule has 0 saturated heterocycles. The number of nitrogens with zero attached hydrogens (tertiary/aromatic N) is 5. The van der Waals surface area contributed by atoms with E-state index in [-0.39, 0.29) is 10.6 Å². The SMILES string of the molecule is CC(C)n1cnc(Cc2nc(Cl)nc(Cl)n2)c1. The van der Waals surface area contributed by atoms with E-state index in [4.69, 9.17) is 23.2 Å². The molecule has 0 aromatic carbocycles. The molecule has 0 radical (unpaired) electrons. The predicted octanol–water partition coefficient (Wildman–Crippen LogP) is 2.55. The van der Waals surface area contributed by atoms with Gasteiger partial charge in [0.2, 0.25) is 10.6 Å². The van der Waals surface area contributed by atoms with Gasteiger partial charge in [-0.2, -0.15) is 4.98 Å². The number of halogens is 2. The average molecular weight is 272 g/mol. The monoisotopic (exact) mass is 271 g/mol. The molecule has 17 heavy (non-hydrogen) atoms. The number of hydrogen-bond donors (Lipinski definition) is 0. The Morgan fingerprint density at radius 3 is 2.35 bits per heavy atom. The van der Waals surface area contributed by atoms with Crippen molar-refractivity contribution >= 4 is 23.2 Å². The highest BCUT2D eigenvalue weighted by atomic mass is 35.5. The van der Waals surface area contributed by atoms with Gasteiger partial charge in [-0.05, 0) is 37.0 Å². The molecule has 0 unspecified atom stereocenters. The van der Waals surface area contributed by atoms with Gasteiger partial charge >= 0.3 is 0 Å². The maximum absolute atomic E-state index is 5.70. The maximum atomic E-state index is 5.70. The largest absolute Gasteiger partial charge is 0.335 e. The number of rotatable bonds is 3. The van der Waals surface area contributed by atoms with Crippen molar-refractivity contribution in [1.82, 2.24) is 24.5 Å². The van der Waals surface area contributed by atoms with E-state index in [9.17, 15) is 0 Å². The van der Waals surface area contributed by atoms with Crippen molar-refractivity contribution < 1.29 is 0 Å². The highest BCUT2D eigenvalue weighted by Crippen LogP contribution is 2.11. The Morgan fingerprint density at radius 2 is 1.82 bits per heavy atom. The maximum Gasteiger partial charge on any atom is 0.226 e. The van der Waals surface area contributed by atoms with Crippen molar-refractivity contribution in [3.05, 3.63) is 34.6 Å². The molecule has 0 saturated carbocycles. The van der Waals surface area contributed by atoms with Gasteiger partial charge < -0.3 is 4.57 Å². The van der Waals surface area contributed by atoms with Crippen molar-refractivity contribution in [3.8, 4) is 0 Å². The first kappa shape index (κ1) is 12.3. The van der Waals surface area contributed by atoms with Crippen LogP contribution in [0.5, 0.6) is 0 Å². The van der Waals surface area contributed by atoms with Gasteiger partial charge in [0, 0.05) is 12.2 Å². The van der Waals surface area contributed by atoms with E-state index in [1.54, 1.807) is 6.33 Å². The molecule has 0 spiro atoms. The molecule has 0 aliphatic rings. The zero-order chi connectivity index (χ0) is 12.4. The highest BCUT2D eigenvalue weighted by molar-refractivity contribution is 6.30. The van der Waals surface area contributed by atoms with E-state index < -0.39 is 0 Å². The third kappa shape index (κ3) is 3.14. The topological polar surface area (TPSA) is 56.5 Å². The normalized spacial score (nSPS) is 11.1. The summed E-state index contributed by atoms with van der Waals surface area (Å²) in [6.45, 7) is 4.17.